The highest BCUT2D eigenvalue weighted by Crippen LogP contribution is 2.01. The lowest BCUT2D eigenvalue weighted by molar-refractivity contribution is -0.109. The highest BCUT2D eigenvalue weighted by Gasteiger charge is 2.16. The average molecular weight is 199 g/mol. The third-order valence-corrected chi connectivity index (χ3v) is 2.37. The first-order chi connectivity index (χ1) is 6.76. The van der Waals surface area contributed by atoms with Crippen molar-refractivity contribution >= 4 is 6.29 Å². The van der Waals surface area contributed by atoms with Crippen LogP contribution in [0.25, 0.3) is 0 Å². The summed E-state index contributed by atoms with van der Waals surface area (Å²) >= 11 is 0. The summed E-state index contributed by atoms with van der Waals surface area (Å²) in [6.45, 7) is 8.45. The monoisotopic (exact) mass is 199 g/mol. The standard InChI is InChI=1S/C9H17N3O2/c1-9(10-14)8-12-4-2-11(3-5-12)6-7-13/h7,10,14H,1-6,8H2. The van der Waals surface area contributed by atoms with Gasteiger partial charge in [-0.1, -0.05) is 6.58 Å². The van der Waals surface area contributed by atoms with E-state index in [2.05, 4.69) is 16.4 Å². The van der Waals surface area contributed by atoms with Gasteiger partial charge in [-0.2, -0.15) is 0 Å². The second-order valence-electron chi connectivity index (χ2n) is 3.46. The molecular weight excluding hydrogens is 182 g/mol. The van der Waals surface area contributed by atoms with E-state index in [-0.39, 0.29) is 0 Å². The first-order valence-electron chi connectivity index (χ1n) is 4.72. The van der Waals surface area contributed by atoms with E-state index in [4.69, 9.17) is 5.21 Å². The molecule has 14 heavy (non-hydrogen) atoms. The van der Waals surface area contributed by atoms with Crippen LogP contribution in [-0.2, 0) is 4.79 Å². The number of hydrogen-bond donors (Lipinski definition) is 2. The summed E-state index contributed by atoms with van der Waals surface area (Å²) in [7, 11) is 0. The van der Waals surface area contributed by atoms with Crippen LogP contribution in [-0.4, -0.2) is 60.6 Å². The minimum Gasteiger partial charge on any atom is -0.302 e. The third-order valence-electron chi connectivity index (χ3n) is 2.37. The van der Waals surface area contributed by atoms with Crippen molar-refractivity contribution in [2.45, 2.75) is 0 Å². The number of piperazine rings is 1. The van der Waals surface area contributed by atoms with Gasteiger partial charge in [-0.3, -0.25) is 20.5 Å². The molecule has 0 saturated carbocycles. The lowest BCUT2D eigenvalue weighted by Crippen LogP contribution is -2.47. The lowest BCUT2D eigenvalue weighted by atomic mass is 10.3. The average Bonchev–Trinajstić information content (AvgIpc) is 2.21. The number of carbonyl (C=O) groups is 1. The Kier molecular flexibility index (Phi) is 4.58. The van der Waals surface area contributed by atoms with Crippen LogP contribution in [0, 0.1) is 0 Å². The molecule has 0 bridgehead atoms. The second-order valence-corrected chi connectivity index (χ2v) is 3.46. The van der Waals surface area contributed by atoms with Crippen LogP contribution in [0.2, 0.25) is 0 Å². The first kappa shape index (κ1) is 11.2. The molecule has 5 nitrogen and oxygen atoms in total. The highest BCUT2D eigenvalue weighted by atomic mass is 16.5. The van der Waals surface area contributed by atoms with Crippen molar-refractivity contribution in [3.05, 3.63) is 12.3 Å². The molecule has 1 fully saturated rings. The topological polar surface area (TPSA) is 55.8 Å². The Morgan fingerprint density at radius 3 is 2.43 bits per heavy atom. The molecule has 0 atom stereocenters. The maximum Gasteiger partial charge on any atom is 0.133 e. The normalized spacial score (nSPS) is 19.2. The fourth-order valence-electron chi connectivity index (χ4n) is 1.54. The predicted octanol–water partition coefficient (Wildman–Crippen LogP) is -0.705. The summed E-state index contributed by atoms with van der Waals surface area (Å²) < 4.78 is 0. The number of hydrogen-bond acceptors (Lipinski definition) is 5. The van der Waals surface area contributed by atoms with Gasteiger partial charge in [0.1, 0.15) is 6.29 Å². The highest BCUT2D eigenvalue weighted by molar-refractivity contribution is 5.51. The summed E-state index contributed by atoms with van der Waals surface area (Å²) in [5, 5.41) is 8.57. The summed E-state index contributed by atoms with van der Waals surface area (Å²) in [4.78, 5) is 14.6. The van der Waals surface area contributed by atoms with Crippen molar-refractivity contribution in [1.29, 1.82) is 0 Å². The van der Waals surface area contributed by atoms with Gasteiger partial charge in [0.15, 0.2) is 0 Å². The van der Waals surface area contributed by atoms with Crippen molar-refractivity contribution in [2.24, 2.45) is 0 Å². The van der Waals surface area contributed by atoms with Crippen molar-refractivity contribution < 1.29 is 10.0 Å². The van der Waals surface area contributed by atoms with Gasteiger partial charge in [0.25, 0.3) is 0 Å². The van der Waals surface area contributed by atoms with E-state index >= 15 is 0 Å². The summed E-state index contributed by atoms with van der Waals surface area (Å²) in [5.41, 5.74) is 2.65. The second kappa shape index (κ2) is 5.74. The fourth-order valence-corrected chi connectivity index (χ4v) is 1.54. The van der Waals surface area contributed by atoms with Crippen LogP contribution in [0.15, 0.2) is 12.3 Å². The van der Waals surface area contributed by atoms with Gasteiger partial charge in [0.05, 0.1) is 6.54 Å². The van der Waals surface area contributed by atoms with Gasteiger partial charge < -0.3 is 4.79 Å². The molecule has 1 heterocycles. The SMILES string of the molecule is C=C(CN1CCN(CC=O)CC1)NO. The molecule has 5 heteroatoms. The van der Waals surface area contributed by atoms with Gasteiger partial charge in [0, 0.05) is 38.4 Å². The molecule has 0 aliphatic carbocycles. The van der Waals surface area contributed by atoms with Crippen molar-refractivity contribution in [2.75, 3.05) is 39.3 Å². The van der Waals surface area contributed by atoms with Gasteiger partial charge in [0.2, 0.25) is 0 Å². The number of hydroxylamine groups is 1. The molecule has 1 saturated heterocycles. The molecule has 80 valence electrons. The van der Waals surface area contributed by atoms with Crippen molar-refractivity contribution in [1.82, 2.24) is 15.3 Å². The molecule has 1 rings (SSSR count). The summed E-state index contributed by atoms with van der Waals surface area (Å²) in [5.74, 6) is 0. The zero-order valence-electron chi connectivity index (χ0n) is 8.28. The fraction of sp³-hybridized carbons (Fsp3) is 0.667. The zero-order valence-corrected chi connectivity index (χ0v) is 8.28. The van der Waals surface area contributed by atoms with Gasteiger partial charge in [-0.25, -0.2) is 0 Å². The maximum absolute atomic E-state index is 10.3. The molecule has 0 aromatic heterocycles. The zero-order chi connectivity index (χ0) is 10.4. The van der Waals surface area contributed by atoms with E-state index < -0.39 is 0 Å². The first-order valence-corrected chi connectivity index (χ1v) is 4.72. The van der Waals surface area contributed by atoms with Crippen LogP contribution in [0.5, 0.6) is 0 Å². The number of nitrogens with one attached hydrogen (secondary N) is 1. The van der Waals surface area contributed by atoms with Crippen molar-refractivity contribution in [3.63, 3.8) is 0 Å². The number of carbonyl (C=O) groups excluding carboxylic acids is 1. The van der Waals surface area contributed by atoms with E-state index in [1.165, 1.54) is 0 Å². The Labute approximate surface area is 83.9 Å². The summed E-state index contributed by atoms with van der Waals surface area (Å²) in [6, 6.07) is 0. The quantitative estimate of drug-likeness (QED) is 0.453. The van der Waals surface area contributed by atoms with Crippen LogP contribution < -0.4 is 5.48 Å². The van der Waals surface area contributed by atoms with E-state index in [9.17, 15) is 4.79 Å². The van der Waals surface area contributed by atoms with E-state index in [0.717, 1.165) is 32.5 Å². The molecular formula is C9H17N3O2. The predicted molar refractivity (Wildman–Crippen MR) is 53.0 cm³/mol. The van der Waals surface area contributed by atoms with Crippen LogP contribution >= 0.6 is 0 Å². The Balaban J connectivity index is 2.21. The third kappa shape index (κ3) is 3.45. The van der Waals surface area contributed by atoms with E-state index in [1.54, 1.807) is 0 Å². The largest absolute Gasteiger partial charge is 0.302 e. The molecule has 0 aromatic carbocycles. The molecule has 0 amide bonds. The molecule has 0 unspecified atom stereocenters. The number of nitrogens with zero attached hydrogens (tertiary/aromatic N) is 2. The maximum atomic E-state index is 10.3. The van der Waals surface area contributed by atoms with Crippen LogP contribution in [0.3, 0.4) is 0 Å². The van der Waals surface area contributed by atoms with E-state index in [0.29, 0.717) is 18.8 Å². The number of aldehydes is 1. The minimum atomic E-state index is 0.521. The van der Waals surface area contributed by atoms with Gasteiger partial charge >= 0.3 is 0 Å². The number of rotatable bonds is 5. The van der Waals surface area contributed by atoms with Gasteiger partial charge in [-0.15, -0.1) is 0 Å². The molecule has 0 radical (unpaired) electrons. The Bertz CT molecular complexity index is 200. The smallest absolute Gasteiger partial charge is 0.133 e. The van der Waals surface area contributed by atoms with Crippen LogP contribution in [0.4, 0.5) is 0 Å². The Morgan fingerprint density at radius 1 is 1.36 bits per heavy atom. The molecule has 1 aliphatic rings. The van der Waals surface area contributed by atoms with Crippen LogP contribution in [0.1, 0.15) is 0 Å². The molecule has 1 aliphatic heterocycles. The minimum absolute atomic E-state index is 0.521. The van der Waals surface area contributed by atoms with E-state index in [1.807, 2.05) is 5.48 Å². The lowest BCUT2D eigenvalue weighted by Gasteiger charge is -2.33. The van der Waals surface area contributed by atoms with Crippen molar-refractivity contribution in [3.8, 4) is 0 Å². The Morgan fingerprint density at radius 2 is 1.93 bits per heavy atom. The molecule has 2 N–H and O–H groups in total. The summed E-state index contributed by atoms with van der Waals surface area (Å²) in [6.07, 6.45) is 0.934. The molecule has 0 spiro atoms. The Hall–Kier alpha value is -0.910. The van der Waals surface area contributed by atoms with Gasteiger partial charge in [-0.05, 0) is 0 Å². The molecule has 0 aromatic rings.